The lowest BCUT2D eigenvalue weighted by Gasteiger charge is -2.41. The van der Waals surface area contributed by atoms with Crippen molar-refractivity contribution >= 4 is 40.5 Å². The highest BCUT2D eigenvalue weighted by Crippen LogP contribution is 2.25. The second-order valence-corrected chi connectivity index (χ2v) is 9.45. The molecule has 1 aliphatic carbocycles. The predicted molar refractivity (Wildman–Crippen MR) is 110 cm³/mol. The summed E-state index contributed by atoms with van der Waals surface area (Å²) in [5.74, 6) is 3.02. The molecule has 1 saturated heterocycles. The predicted octanol–water partition coefficient (Wildman–Crippen LogP) is 3.10. The monoisotopic (exact) mass is 390 g/mol. The van der Waals surface area contributed by atoms with Crippen LogP contribution in [0.2, 0.25) is 0 Å². The van der Waals surface area contributed by atoms with Gasteiger partial charge in [-0.25, -0.2) is 4.98 Å². The molecule has 5 nitrogen and oxygen atoms in total. The molecule has 4 rings (SSSR count). The second kappa shape index (κ2) is 8.23. The van der Waals surface area contributed by atoms with Gasteiger partial charge >= 0.3 is 0 Å². The summed E-state index contributed by atoms with van der Waals surface area (Å²) in [6.45, 7) is 2.07. The minimum absolute atomic E-state index is 0.0994. The molecule has 1 amide bonds. The molecule has 0 unspecified atom stereocenters. The fourth-order valence-corrected chi connectivity index (χ4v) is 5.39. The number of nitrogens with zero attached hydrogens (tertiary/aromatic N) is 1. The van der Waals surface area contributed by atoms with Gasteiger partial charge < -0.3 is 15.6 Å². The van der Waals surface area contributed by atoms with Crippen LogP contribution in [0, 0.1) is 6.92 Å². The van der Waals surface area contributed by atoms with E-state index in [0.29, 0.717) is 17.8 Å². The maximum Gasteiger partial charge on any atom is 0.230 e. The minimum atomic E-state index is 0.0994. The first-order valence-corrected chi connectivity index (χ1v) is 11.5. The zero-order valence-corrected chi connectivity index (χ0v) is 16.7. The van der Waals surface area contributed by atoms with Crippen LogP contribution in [-0.4, -0.2) is 51.3 Å². The Hall–Kier alpha value is -1.18. The number of imidazole rings is 1. The number of carbonyl (C=O) groups excluding carboxylic acids is 1. The number of amides is 1. The number of aromatic amines is 1. The maximum absolute atomic E-state index is 12.3. The SMILES string of the molecule is Cc1ccc2nc(SCC(=O)N[C@H]3CC[C@H]3NC3CCSCC3)[nH]c2c1. The van der Waals surface area contributed by atoms with Crippen LogP contribution in [0.3, 0.4) is 0 Å². The van der Waals surface area contributed by atoms with Crippen molar-refractivity contribution in [2.24, 2.45) is 0 Å². The summed E-state index contributed by atoms with van der Waals surface area (Å²) in [7, 11) is 0. The number of fused-ring (bicyclic) bond motifs is 1. The largest absolute Gasteiger partial charge is 0.351 e. The third-order valence-corrected chi connectivity index (χ3v) is 7.17. The molecule has 1 aromatic carbocycles. The zero-order chi connectivity index (χ0) is 17.9. The molecule has 2 heterocycles. The third-order valence-electron chi connectivity index (χ3n) is 5.25. The number of benzene rings is 1. The molecule has 26 heavy (non-hydrogen) atoms. The molecule has 0 bridgehead atoms. The molecule has 1 saturated carbocycles. The first-order valence-electron chi connectivity index (χ1n) is 9.40. The van der Waals surface area contributed by atoms with Gasteiger partial charge in [-0.3, -0.25) is 4.79 Å². The quantitative estimate of drug-likeness (QED) is 0.661. The summed E-state index contributed by atoms with van der Waals surface area (Å²) in [6, 6.07) is 7.52. The van der Waals surface area contributed by atoms with E-state index in [1.807, 2.05) is 17.8 Å². The van der Waals surface area contributed by atoms with Crippen molar-refractivity contribution in [2.75, 3.05) is 17.3 Å². The van der Waals surface area contributed by atoms with Gasteiger partial charge in [-0.1, -0.05) is 17.8 Å². The van der Waals surface area contributed by atoms with Gasteiger partial charge in [0.1, 0.15) is 0 Å². The molecular weight excluding hydrogens is 364 g/mol. The highest BCUT2D eigenvalue weighted by molar-refractivity contribution is 7.99. The molecule has 2 aliphatic rings. The van der Waals surface area contributed by atoms with E-state index in [2.05, 4.69) is 39.7 Å². The molecular formula is C19H26N4OS2. The number of rotatable bonds is 6. The van der Waals surface area contributed by atoms with Gasteiger partial charge in [0, 0.05) is 18.1 Å². The van der Waals surface area contributed by atoms with E-state index in [9.17, 15) is 4.79 Å². The summed E-state index contributed by atoms with van der Waals surface area (Å²) >= 11 is 3.52. The summed E-state index contributed by atoms with van der Waals surface area (Å²) in [6.07, 6.45) is 4.76. The lowest BCUT2D eigenvalue weighted by molar-refractivity contribution is -0.120. The molecule has 0 radical (unpaired) electrons. The van der Waals surface area contributed by atoms with E-state index in [-0.39, 0.29) is 11.9 Å². The standard InChI is InChI=1S/C19H26N4OS2/c1-12-2-3-16-17(10-12)23-19(22-16)26-11-18(24)21-15-5-4-14(15)20-13-6-8-25-9-7-13/h2-3,10,13-15,20H,4-9,11H2,1H3,(H,21,24)(H,22,23)/t14-,15+/m1/s1. The second-order valence-electron chi connectivity index (χ2n) is 7.26. The Morgan fingerprint density at radius 1 is 1.27 bits per heavy atom. The molecule has 140 valence electrons. The average molecular weight is 391 g/mol. The van der Waals surface area contributed by atoms with Gasteiger partial charge in [0.25, 0.3) is 0 Å². The topological polar surface area (TPSA) is 69.8 Å². The Kier molecular flexibility index (Phi) is 5.76. The molecule has 1 aliphatic heterocycles. The van der Waals surface area contributed by atoms with E-state index in [4.69, 9.17) is 0 Å². The smallest absolute Gasteiger partial charge is 0.230 e. The van der Waals surface area contributed by atoms with Gasteiger partial charge in [0.05, 0.1) is 16.8 Å². The Morgan fingerprint density at radius 2 is 2.08 bits per heavy atom. The Bertz CT molecular complexity index is 772. The summed E-state index contributed by atoms with van der Waals surface area (Å²) in [5.41, 5.74) is 3.18. The summed E-state index contributed by atoms with van der Waals surface area (Å²) in [4.78, 5) is 20.2. The number of hydrogen-bond acceptors (Lipinski definition) is 5. The van der Waals surface area contributed by atoms with Crippen molar-refractivity contribution in [1.82, 2.24) is 20.6 Å². The third kappa shape index (κ3) is 4.38. The fraction of sp³-hybridized carbons (Fsp3) is 0.579. The van der Waals surface area contributed by atoms with Gasteiger partial charge in [-0.05, 0) is 61.8 Å². The van der Waals surface area contributed by atoms with Gasteiger partial charge in [0.2, 0.25) is 5.91 Å². The van der Waals surface area contributed by atoms with E-state index in [1.165, 1.54) is 48.1 Å². The van der Waals surface area contributed by atoms with Crippen molar-refractivity contribution in [1.29, 1.82) is 0 Å². The van der Waals surface area contributed by atoms with Gasteiger partial charge in [-0.15, -0.1) is 0 Å². The normalized spacial score (nSPS) is 23.7. The van der Waals surface area contributed by atoms with Crippen molar-refractivity contribution < 1.29 is 4.79 Å². The van der Waals surface area contributed by atoms with Crippen LogP contribution in [-0.2, 0) is 4.79 Å². The molecule has 3 N–H and O–H groups in total. The first kappa shape index (κ1) is 18.2. The zero-order valence-electron chi connectivity index (χ0n) is 15.1. The van der Waals surface area contributed by atoms with E-state index in [1.54, 1.807) is 0 Å². The molecule has 7 heteroatoms. The average Bonchev–Trinajstić information content (AvgIpc) is 3.04. The number of nitrogens with one attached hydrogen (secondary N) is 3. The molecule has 2 atom stereocenters. The number of thioether (sulfide) groups is 2. The van der Waals surface area contributed by atoms with E-state index >= 15 is 0 Å². The van der Waals surface area contributed by atoms with Crippen LogP contribution < -0.4 is 10.6 Å². The molecule has 2 fully saturated rings. The highest BCUT2D eigenvalue weighted by Gasteiger charge is 2.33. The maximum atomic E-state index is 12.3. The fourth-order valence-electron chi connectivity index (χ4n) is 3.59. The van der Waals surface area contributed by atoms with Crippen molar-refractivity contribution in [2.45, 2.75) is 55.9 Å². The Labute approximate surface area is 162 Å². The number of aryl methyl sites for hydroxylation is 1. The number of H-pyrrole nitrogens is 1. The molecule has 1 aromatic heterocycles. The lowest BCUT2D eigenvalue weighted by atomic mass is 9.85. The van der Waals surface area contributed by atoms with Crippen LogP contribution >= 0.6 is 23.5 Å². The van der Waals surface area contributed by atoms with E-state index < -0.39 is 0 Å². The van der Waals surface area contributed by atoms with Gasteiger partial charge in [0.15, 0.2) is 5.16 Å². The number of aromatic nitrogens is 2. The van der Waals surface area contributed by atoms with Crippen molar-refractivity contribution in [3.05, 3.63) is 23.8 Å². The minimum Gasteiger partial charge on any atom is -0.351 e. The summed E-state index contributed by atoms with van der Waals surface area (Å²) in [5, 5.41) is 7.76. The molecule has 0 spiro atoms. The van der Waals surface area contributed by atoms with E-state index in [0.717, 1.165) is 22.6 Å². The van der Waals surface area contributed by atoms with Crippen LogP contribution in [0.15, 0.2) is 23.4 Å². The summed E-state index contributed by atoms with van der Waals surface area (Å²) < 4.78 is 0. The highest BCUT2D eigenvalue weighted by atomic mass is 32.2. The van der Waals surface area contributed by atoms with Crippen LogP contribution in [0.5, 0.6) is 0 Å². The van der Waals surface area contributed by atoms with Gasteiger partial charge in [-0.2, -0.15) is 11.8 Å². The Balaban J connectivity index is 1.24. The lowest BCUT2D eigenvalue weighted by Crippen LogP contribution is -2.59. The van der Waals surface area contributed by atoms with Crippen LogP contribution in [0.4, 0.5) is 0 Å². The van der Waals surface area contributed by atoms with Crippen LogP contribution in [0.1, 0.15) is 31.2 Å². The molecule has 2 aromatic rings. The van der Waals surface area contributed by atoms with Crippen molar-refractivity contribution in [3.8, 4) is 0 Å². The van der Waals surface area contributed by atoms with Crippen molar-refractivity contribution in [3.63, 3.8) is 0 Å². The van der Waals surface area contributed by atoms with Crippen LogP contribution in [0.25, 0.3) is 11.0 Å². The Morgan fingerprint density at radius 3 is 2.85 bits per heavy atom. The first-order chi connectivity index (χ1) is 12.7. The number of hydrogen-bond donors (Lipinski definition) is 3. The number of carbonyl (C=O) groups is 1.